The molecule has 0 amide bonds. The van der Waals surface area contributed by atoms with Crippen molar-refractivity contribution in [3.63, 3.8) is 0 Å². The van der Waals surface area contributed by atoms with Gasteiger partial charge in [-0.3, -0.25) is 10.3 Å². The number of nitrogens with one attached hydrogen (secondary N) is 1. The molecule has 0 aromatic heterocycles. The number of ether oxygens (including phenoxy) is 1. The number of halogens is 1. The van der Waals surface area contributed by atoms with Crippen LogP contribution >= 0.6 is 15.9 Å². The fourth-order valence-electron chi connectivity index (χ4n) is 2.13. The number of nitrogens with zero attached hydrogens (tertiary/aromatic N) is 1. The van der Waals surface area contributed by atoms with Crippen LogP contribution in [0.5, 0.6) is 5.75 Å². The molecule has 2 rings (SSSR count). The molecule has 1 heterocycles. The fraction of sp³-hybridized carbons (Fsp3) is 0.462. The number of benzene rings is 1. The van der Waals surface area contributed by atoms with E-state index in [1.54, 1.807) is 6.07 Å². The van der Waals surface area contributed by atoms with Crippen molar-refractivity contribution in [3.05, 3.63) is 28.2 Å². The van der Waals surface area contributed by atoms with Crippen molar-refractivity contribution >= 4 is 21.8 Å². The molecule has 4 nitrogen and oxygen atoms in total. The molecule has 0 atom stereocenters. The molecule has 1 saturated heterocycles. The Balaban J connectivity index is 1.94. The highest BCUT2D eigenvalue weighted by Gasteiger charge is 2.12. The van der Waals surface area contributed by atoms with Crippen LogP contribution in [0.3, 0.4) is 0 Å². The minimum Gasteiger partial charge on any atom is -0.491 e. The molecule has 1 aromatic carbocycles. The van der Waals surface area contributed by atoms with Gasteiger partial charge in [0.1, 0.15) is 18.2 Å². The Kier molecular flexibility index (Phi) is 4.60. The third kappa shape index (κ3) is 3.46. The Morgan fingerprint density at radius 3 is 2.78 bits per heavy atom. The van der Waals surface area contributed by atoms with Crippen LogP contribution in [-0.2, 0) is 0 Å². The first-order valence-electron chi connectivity index (χ1n) is 6.16. The summed E-state index contributed by atoms with van der Waals surface area (Å²) in [6, 6.07) is 5.53. The third-order valence-corrected chi connectivity index (χ3v) is 3.59. The molecule has 0 aliphatic carbocycles. The molecule has 0 radical (unpaired) electrons. The zero-order valence-electron chi connectivity index (χ0n) is 10.3. The van der Waals surface area contributed by atoms with Crippen LogP contribution in [0.25, 0.3) is 0 Å². The van der Waals surface area contributed by atoms with Gasteiger partial charge in [0, 0.05) is 11.0 Å². The summed E-state index contributed by atoms with van der Waals surface area (Å²) < 4.78 is 6.68. The molecule has 18 heavy (non-hydrogen) atoms. The molecule has 0 saturated carbocycles. The number of hydrogen-bond donors (Lipinski definition) is 2. The van der Waals surface area contributed by atoms with Gasteiger partial charge in [0.25, 0.3) is 0 Å². The van der Waals surface area contributed by atoms with Crippen molar-refractivity contribution in [3.8, 4) is 5.75 Å². The second kappa shape index (κ2) is 6.20. The van der Waals surface area contributed by atoms with Crippen LogP contribution in [0.4, 0.5) is 0 Å². The summed E-state index contributed by atoms with van der Waals surface area (Å²) in [5.41, 5.74) is 6.19. The lowest BCUT2D eigenvalue weighted by atomic mass is 10.2. The van der Waals surface area contributed by atoms with E-state index in [0.29, 0.717) is 17.9 Å². The average molecular weight is 312 g/mol. The maximum Gasteiger partial charge on any atom is 0.131 e. The summed E-state index contributed by atoms with van der Waals surface area (Å²) in [5, 5.41) is 7.52. The largest absolute Gasteiger partial charge is 0.491 e. The lowest BCUT2D eigenvalue weighted by Crippen LogP contribution is -2.25. The summed E-state index contributed by atoms with van der Waals surface area (Å²) in [7, 11) is 0. The van der Waals surface area contributed by atoms with Crippen molar-refractivity contribution in [2.75, 3.05) is 26.2 Å². The van der Waals surface area contributed by atoms with E-state index in [9.17, 15) is 0 Å². The molecule has 5 heteroatoms. The third-order valence-electron chi connectivity index (χ3n) is 3.10. The highest BCUT2D eigenvalue weighted by Crippen LogP contribution is 2.23. The standard InChI is InChI=1S/C13H18BrN3O/c14-10-3-4-11(13(15)16)12(9-10)18-8-7-17-5-1-2-6-17/h3-4,9H,1-2,5-8H2,(H3,15,16). The van der Waals surface area contributed by atoms with Gasteiger partial charge in [-0.15, -0.1) is 0 Å². The zero-order valence-corrected chi connectivity index (χ0v) is 11.9. The second-order valence-electron chi connectivity index (χ2n) is 4.45. The summed E-state index contributed by atoms with van der Waals surface area (Å²) in [4.78, 5) is 2.39. The fourth-order valence-corrected chi connectivity index (χ4v) is 2.47. The van der Waals surface area contributed by atoms with Crippen molar-refractivity contribution in [1.82, 2.24) is 4.90 Å². The first kappa shape index (κ1) is 13.4. The van der Waals surface area contributed by atoms with Gasteiger partial charge in [-0.1, -0.05) is 15.9 Å². The number of likely N-dealkylation sites (tertiary alicyclic amines) is 1. The van der Waals surface area contributed by atoms with Crippen LogP contribution in [-0.4, -0.2) is 37.0 Å². The SMILES string of the molecule is N=C(N)c1ccc(Br)cc1OCCN1CCCC1. The predicted octanol–water partition coefficient (Wildman–Crippen LogP) is 2.21. The van der Waals surface area contributed by atoms with Gasteiger partial charge in [-0.05, 0) is 44.1 Å². The summed E-state index contributed by atoms with van der Waals surface area (Å²) in [6.07, 6.45) is 2.57. The first-order valence-corrected chi connectivity index (χ1v) is 6.95. The number of rotatable bonds is 5. The van der Waals surface area contributed by atoms with E-state index >= 15 is 0 Å². The summed E-state index contributed by atoms with van der Waals surface area (Å²) >= 11 is 3.40. The van der Waals surface area contributed by atoms with Crippen LogP contribution in [0, 0.1) is 5.41 Å². The Bertz CT molecular complexity index is 430. The van der Waals surface area contributed by atoms with Gasteiger partial charge >= 0.3 is 0 Å². The highest BCUT2D eigenvalue weighted by molar-refractivity contribution is 9.10. The van der Waals surface area contributed by atoms with Gasteiger partial charge in [0.15, 0.2) is 0 Å². The molecule has 98 valence electrons. The molecular weight excluding hydrogens is 294 g/mol. The number of nitrogens with two attached hydrogens (primary N) is 1. The Labute approximate surface area is 116 Å². The van der Waals surface area contributed by atoms with Gasteiger partial charge in [-0.25, -0.2) is 0 Å². The normalized spacial score (nSPS) is 15.8. The minimum absolute atomic E-state index is 0.0404. The monoisotopic (exact) mass is 311 g/mol. The van der Waals surface area contributed by atoms with Crippen molar-refractivity contribution in [2.45, 2.75) is 12.8 Å². The molecule has 0 unspecified atom stereocenters. The van der Waals surface area contributed by atoms with E-state index in [1.807, 2.05) is 12.1 Å². The number of amidine groups is 1. The average Bonchev–Trinajstić information content (AvgIpc) is 2.82. The van der Waals surface area contributed by atoms with E-state index in [-0.39, 0.29) is 5.84 Å². The first-order chi connectivity index (χ1) is 8.66. The second-order valence-corrected chi connectivity index (χ2v) is 5.37. The topological polar surface area (TPSA) is 62.3 Å². The van der Waals surface area contributed by atoms with E-state index in [4.69, 9.17) is 15.9 Å². The van der Waals surface area contributed by atoms with Gasteiger partial charge in [0.05, 0.1) is 5.56 Å². The van der Waals surface area contributed by atoms with Crippen LogP contribution in [0.1, 0.15) is 18.4 Å². The maximum absolute atomic E-state index is 7.52. The maximum atomic E-state index is 7.52. The van der Waals surface area contributed by atoms with Crippen molar-refractivity contribution in [1.29, 1.82) is 5.41 Å². The minimum atomic E-state index is 0.0404. The molecule has 0 bridgehead atoms. The van der Waals surface area contributed by atoms with Gasteiger partial charge in [-0.2, -0.15) is 0 Å². The van der Waals surface area contributed by atoms with E-state index in [0.717, 1.165) is 11.0 Å². The van der Waals surface area contributed by atoms with Crippen molar-refractivity contribution in [2.24, 2.45) is 5.73 Å². The lowest BCUT2D eigenvalue weighted by Gasteiger charge is -2.16. The van der Waals surface area contributed by atoms with Crippen LogP contribution in [0.15, 0.2) is 22.7 Å². The Morgan fingerprint density at radius 1 is 1.39 bits per heavy atom. The predicted molar refractivity (Wildman–Crippen MR) is 76.3 cm³/mol. The van der Waals surface area contributed by atoms with Crippen LogP contribution in [0.2, 0.25) is 0 Å². The van der Waals surface area contributed by atoms with E-state index in [1.165, 1.54) is 25.9 Å². The van der Waals surface area contributed by atoms with Gasteiger partial charge < -0.3 is 10.5 Å². The summed E-state index contributed by atoms with van der Waals surface area (Å²) in [6.45, 7) is 3.91. The van der Waals surface area contributed by atoms with Crippen molar-refractivity contribution < 1.29 is 4.74 Å². The molecule has 1 fully saturated rings. The Morgan fingerprint density at radius 2 is 2.11 bits per heavy atom. The number of hydrogen-bond acceptors (Lipinski definition) is 3. The van der Waals surface area contributed by atoms with Crippen LogP contribution < -0.4 is 10.5 Å². The smallest absolute Gasteiger partial charge is 0.131 e. The summed E-state index contributed by atoms with van der Waals surface area (Å²) in [5.74, 6) is 0.717. The highest BCUT2D eigenvalue weighted by atomic mass is 79.9. The molecule has 1 aliphatic rings. The zero-order chi connectivity index (χ0) is 13.0. The van der Waals surface area contributed by atoms with E-state index in [2.05, 4.69) is 20.8 Å². The van der Waals surface area contributed by atoms with E-state index < -0.39 is 0 Å². The Hall–Kier alpha value is -1.07. The van der Waals surface area contributed by atoms with Gasteiger partial charge in [0.2, 0.25) is 0 Å². The molecule has 1 aliphatic heterocycles. The molecular formula is C13H18BrN3O. The molecule has 3 N–H and O–H groups in total. The quantitative estimate of drug-likeness (QED) is 0.647. The molecule has 0 spiro atoms. The lowest BCUT2D eigenvalue weighted by molar-refractivity contribution is 0.237. The number of nitrogen functional groups attached to an aromatic ring is 1. The molecule has 1 aromatic rings.